The molecule has 30 heavy (non-hydrogen) atoms. The molecular formula is C23H30N4O3. The maximum absolute atomic E-state index is 11.9. The molecule has 0 amide bonds. The summed E-state index contributed by atoms with van der Waals surface area (Å²) in [5, 5.41) is 3.40. The second kappa shape index (κ2) is 11.2. The van der Waals surface area contributed by atoms with E-state index < -0.39 is 0 Å². The normalized spacial score (nSPS) is 15.0. The monoisotopic (exact) mass is 410 g/mol. The molecule has 2 heterocycles. The van der Waals surface area contributed by atoms with E-state index in [-0.39, 0.29) is 11.9 Å². The van der Waals surface area contributed by atoms with E-state index in [1.165, 1.54) is 0 Å². The predicted octanol–water partition coefficient (Wildman–Crippen LogP) is 3.01. The summed E-state index contributed by atoms with van der Waals surface area (Å²) < 4.78 is 11.1. The van der Waals surface area contributed by atoms with Gasteiger partial charge in [0.1, 0.15) is 6.61 Å². The summed E-state index contributed by atoms with van der Waals surface area (Å²) in [6.45, 7) is 4.85. The Labute approximate surface area is 178 Å². The van der Waals surface area contributed by atoms with Crippen molar-refractivity contribution in [2.24, 2.45) is 10.9 Å². The van der Waals surface area contributed by atoms with Crippen LogP contribution in [0.15, 0.2) is 53.7 Å². The Kier molecular flexibility index (Phi) is 8.06. The van der Waals surface area contributed by atoms with Gasteiger partial charge in [0.2, 0.25) is 5.88 Å². The molecule has 0 saturated carbocycles. The van der Waals surface area contributed by atoms with E-state index in [0.717, 1.165) is 43.0 Å². The van der Waals surface area contributed by atoms with Gasteiger partial charge in [-0.3, -0.25) is 9.79 Å². The van der Waals surface area contributed by atoms with E-state index in [9.17, 15) is 4.79 Å². The van der Waals surface area contributed by atoms with Crippen LogP contribution in [0.5, 0.6) is 5.88 Å². The van der Waals surface area contributed by atoms with Crippen LogP contribution in [0, 0.1) is 5.92 Å². The van der Waals surface area contributed by atoms with Crippen LogP contribution in [-0.4, -0.2) is 48.6 Å². The SMILES string of the molecule is CCOC(=O)C1CCN(C(=NC)NCc2cccnc2OCc2ccccc2)CC1. The Morgan fingerprint density at radius 3 is 2.67 bits per heavy atom. The minimum Gasteiger partial charge on any atom is -0.473 e. The molecule has 1 fully saturated rings. The van der Waals surface area contributed by atoms with Crippen molar-refractivity contribution >= 4 is 11.9 Å². The van der Waals surface area contributed by atoms with Crippen molar-refractivity contribution in [3.8, 4) is 5.88 Å². The van der Waals surface area contributed by atoms with E-state index in [4.69, 9.17) is 9.47 Å². The van der Waals surface area contributed by atoms with E-state index >= 15 is 0 Å². The van der Waals surface area contributed by atoms with Gasteiger partial charge in [0, 0.05) is 38.4 Å². The topological polar surface area (TPSA) is 76.0 Å². The van der Waals surface area contributed by atoms with Crippen LogP contribution in [-0.2, 0) is 22.7 Å². The molecule has 1 aliphatic heterocycles. The molecule has 0 atom stereocenters. The van der Waals surface area contributed by atoms with Gasteiger partial charge in [-0.15, -0.1) is 0 Å². The van der Waals surface area contributed by atoms with Crippen LogP contribution in [0.1, 0.15) is 30.9 Å². The van der Waals surface area contributed by atoms with Gasteiger partial charge in [-0.1, -0.05) is 36.4 Å². The largest absolute Gasteiger partial charge is 0.473 e. The van der Waals surface area contributed by atoms with Gasteiger partial charge in [0.05, 0.1) is 12.5 Å². The Morgan fingerprint density at radius 2 is 1.97 bits per heavy atom. The maximum Gasteiger partial charge on any atom is 0.309 e. The molecular weight excluding hydrogens is 380 g/mol. The van der Waals surface area contributed by atoms with Crippen molar-refractivity contribution in [3.63, 3.8) is 0 Å². The second-order valence-corrected chi connectivity index (χ2v) is 7.16. The number of benzene rings is 1. The number of rotatable bonds is 7. The van der Waals surface area contributed by atoms with Gasteiger partial charge in [0.15, 0.2) is 5.96 Å². The number of hydrogen-bond donors (Lipinski definition) is 1. The number of hydrogen-bond acceptors (Lipinski definition) is 5. The highest BCUT2D eigenvalue weighted by molar-refractivity contribution is 5.80. The lowest BCUT2D eigenvalue weighted by Gasteiger charge is -2.33. The Morgan fingerprint density at radius 1 is 1.20 bits per heavy atom. The van der Waals surface area contributed by atoms with Crippen LogP contribution in [0.3, 0.4) is 0 Å². The fourth-order valence-electron chi connectivity index (χ4n) is 3.51. The van der Waals surface area contributed by atoms with Gasteiger partial charge in [-0.25, -0.2) is 4.98 Å². The summed E-state index contributed by atoms with van der Waals surface area (Å²) in [7, 11) is 1.77. The van der Waals surface area contributed by atoms with Crippen LogP contribution < -0.4 is 10.1 Å². The third-order valence-electron chi connectivity index (χ3n) is 5.13. The van der Waals surface area contributed by atoms with Crippen LogP contribution in [0.4, 0.5) is 0 Å². The minimum absolute atomic E-state index is 0.0179. The Bertz CT molecular complexity index is 833. The van der Waals surface area contributed by atoms with Gasteiger partial charge >= 0.3 is 5.97 Å². The zero-order valence-corrected chi connectivity index (χ0v) is 17.7. The molecule has 160 valence electrons. The quantitative estimate of drug-likeness (QED) is 0.430. The summed E-state index contributed by atoms with van der Waals surface area (Å²) in [5.41, 5.74) is 2.07. The number of pyridine rings is 1. The highest BCUT2D eigenvalue weighted by Crippen LogP contribution is 2.20. The highest BCUT2D eigenvalue weighted by Gasteiger charge is 2.27. The lowest BCUT2D eigenvalue weighted by molar-refractivity contribution is -0.149. The van der Waals surface area contributed by atoms with Gasteiger partial charge in [0.25, 0.3) is 0 Å². The van der Waals surface area contributed by atoms with Crippen LogP contribution in [0.25, 0.3) is 0 Å². The molecule has 7 heteroatoms. The lowest BCUT2D eigenvalue weighted by atomic mass is 9.97. The Hall–Kier alpha value is -3.09. The molecule has 0 radical (unpaired) electrons. The molecule has 1 aliphatic rings. The first-order chi connectivity index (χ1) is 14.7. The first-order valence-electron chi connectivity index (χ1n) is 10.4. The van der Waals surface area contributed by atoms with E-state index in [0.29, 0.717) is 25.6 Å². The number of aromatic nitrogens is 1. The second-order valence-electron chi connectivity index (χ2n) is 7.16. The average Bonchev–Trinajstić information content (AvgIpc) is 2.80. The minimum atomic E-state index is -0.0873. The fourth-order valence-corrected chi connectivity index (χ4v) is 3.51. The number of nitrogens with one attached hydrogen (secondary N) is 1. The molecule has 1 aromatic carbocycles. The third-order valence-corrected chi connectivity index (χ3v) is 5.13. The average molecular weight is 411 g/mol. The molecule has 3 rings (SSSR count). The molecule has 1 saturated heterocycles. The highest BCUT2D eigenvalue weighted by atomic mass is 16.5. The summed E-state index contributed by atoms with van der Waals surface area (Å²) in [6, 6.07) is 13.9. The zero-order chi connectivity index (χ0) is 21.2. The molecule has 1 aromatic heterocycles. The van der Waals surface area contributed by atoms with Crippen molar-refractivity contribution < 1.29 is 14.3 Å². The summed E-state index contributed by atoms with van der Waals surface area (Å²) >= 11 is 0. The summed E-state index contributed by atoms with van der Waals surface area (Å²) in [6.07, 6.45) is 3.29. The van der Waals surface area contributed by atoms with Gasteiger partial charge in [-0.05, 0) is 31.4 Å². The van der Waals surface area contributed by atoms with Crippen LogP contribution >= 0.6 is 0 Å². The van der Waals surface area contributed by atoms with Crippen molar-refractivity contribution in [3.05, 3.63) is 59.8 Å². The number of likely N-dealkylation sites (tertiary alicyclic amines) is 1. The molecule has 0 spiro atoms. The summed E-state index contributed by atoms with van der Waals surface area (Å²) in [5.74, 6) is 1.33. The molecule has 0 unspecified atom stereocenters. The zero-order valence-electron chi connectivity index (χ0n) is 17.7. The molecule has 0 bridgehead atoms. The van der Waals surface area contributed by atoms with E-state index in [1.54, 1.807) is 13.2 Å². The van der Waals surface area contributed by atoms with Crippen molar-refractivity contribution in [2.75, 3.05) is 26.7 Å². The molecule has 7 nitrogen and oxygen atoms in total. The first kappa shape index (κ1) is 21.6. The van der Waals surface area contributed by atoms with Gasteiger partial charge in [-0.2, -0.15) is 0 Å². The summed E-state index contributed by atoms with van der Waals surface area (Å²) in [4.78, 5) is 22.9. The number of aliphatic imine (C=N–C) groups is 1. The number of guanidine groups is 1. The molecule has 2 aromatic rings. The molecule has 1 N–H and O–H groups in total. The number of esters is 1. The smallest absolute Gasteiger partial charge is 0.309 e. The molecule has 0 aliphatic carbocycles. The van der Waals surface area contributed by atoms with Crippen molar-refractivity contribution in [1.82, 2.24) is 15.2 Å². The third kappa shape index (κ3) is 5.95. The number of carbonyl (C=O) groups is 1. The van der Waals surface area contributed by atoms with Crippen molar-refractivity contribution in [2.45, 2.75) is 32.9 Å². The van der Waals surface area contributed by atoms with E-state index in [1.807, 2.05) is 49.4 Å². The van der Waals surface area contributed by atoms with Crippen LogP contribution in [0.2, 0.25) is 0 Å². The maximum atomic E-state index is 11.9. The number of piperidine rings is 1. The first-order valence-corrected chi connectivity index (χ1v) is 10.4. The lowest BCUT2D eigenvalue weighted by Crippen LogP contribution is -2.46. The Balaban J connectivity index is 1.54. The fraction of sp³-hybridized carbons (Fsp3) is 0.435. The standard InChI is InChI=1S/C23H30N4O3/c1-3-29-22(28)19-11-14-27(15-12-19)23(24-2)26-16-20-10-7-13-25-21(20)30-17-18-8-5-4-6-9-18/h4-10,13,19H,3,11-12,14-17H2,1-2H3,(H,24,26). The number of nitrogens with zero attached hydrogens (tertiary/aromatic N) is 3. The predicted molar refractivity (Wildman–Crippen MR) is 116 cm³/mol. The van der Waals surface area contributed by atoms with E-state index in [2.05, 4.69) is 20.2 Å². The number of ether oxygens (including phenoxy) is 2. The number of carbonyl (C=O) groups excluding carboxylic acids is 1. The van der Waals surface area contributed by atoms with Crippen molar-refractivity contribution in [1.29, 1.82) is 0 Å². The van der Waals surface area contributed by atoms with Gasteiger partial charge < -0.3 is 19.7 Å².